The first kappa shape index (κ1) is 12.8. The highest BCUT2D eigenvalue weighted by atomic mass is 16.4. The van der Waals surface area contributed by atoms with Gasteiger partial charge >= 0.3 is 0 Å². The number of nitrogens with two attached hydrogens (primary N) is 1. The molecule has 0 aliphatic heterocycles. The lowest BCUT2D eigenvalue weighted by Gasteiger charge is -2.00. The van der Waals surface area contributed by atoms with Crippen molar-refractivity contribution >= 4 is 12.6 Å². The van der Waals surface area contributed by atoms with Crippen molar-refractivity contribution in [2.24, 2.45) is 0 Å². The first-order valence-corrected chi connectivity index (χ1v) is 5.05. The summed E-state index contributed by atoms with van der Waals surface area (Å²) in [6.45, 7) is 5.83. The summed E-state index contributed by atoms with van der Waals surface area (Å²) in [7, 11) is 0. The molecule has 17 heavy (non-hydrogen) atoms. The number of nitrogens with zero attached hydrogens (tertiary/aromatic N) is 3. The summed E-state index contributed by atoms with van der Waals surface area (Å²) in [5.41, 5.74) is 7.32. The van der Waals surface area contributed by atoms with Gasteiger partial charge in [-0.1, -0.05) is 6.92 Å². The van der Waals surface area contributed by atoms with Gasteiger partial charge in [-0.05, 0) is 19.1 Å². The third-order valence-electron chi connectivity index (χ3n) is 2.06. The molecule has 2 heterocycles. The number of aryl methyl sites for hydroxylation is 2. The molecule has 0 atom stereocenters. The molecule has 0 aliphatic rings. The Morgan fingerprint density at radius 3 is 2.59 bits per heavy atom. The second kappa shape index (κ2) is 5.74. The molecule has 2 aromatic rings. The van der Waals surface area contributed by atoms with Crippen LogP contribution in [-0.4, -0.2) is 22.0 Å². The average Bonchev–Trinajstić information content (AvgIpc) is 2.80. The van der Waals surface area contributed by atoms with E-state index in [1.807, 2.05) is 32.8 Å². The van der Waals surface area contributed by atoms with Gasteiger partial charge in [-0.15, -0.1) is 10.2 Å². The minimum atomic E-state index is 0.418. The molecule has 0 aliphatic carbocycles. The Kier molecular flexibility index (Phi) is 4.33. The van der Waals surface area contributed by atoms with Crippen molar-refractivity contribution < 1.29 is 9.21 Å². The maximum Gasteiger partial charge on any atom is 0.251 e. The van der Waals surface area contributed by atoms with Crippen molar-refractivity contribution in [2.45, 2.75) is 20.3 Å². The number of pyridine rings is 1. The predicted molar refractivity (Wildman–Crippen MR) is 63.2 cm³/mol. The molecule has 2 aromatic heterocycles. The Balaban J connectivity index is 0.000000686. The first-order chi connectivity index (χ1) is 8.20. The molecule has 0 aromatic carbocycles. The number of hydrogen-bond acceptors (Lipinski definition) is 6. The summed E-state index contributed by atoms with van der Waals surface area (Å²) >= 11 is 0. The van der Waals surface area contributed by atoms with E-state index >= 15 is 0 Å². The Hall–Kier alpha value is -2.24. The standard InChI is InChI=1S/C10H12N4O.CH2O/c1-3-8-13-14-10(15-8)7-5-4-6(2)12-9(7)11;1-2/h4-5H,3H2,1-2H3,(H2,11,12);1H2. The highest BCUT2D eigenvalue weighted by molar-refractivity contribution is 5.66. The SMILES string of the molecule is C=O.CCc1nnc(-c2ccc(C)nc2N)o1. The highest BCUT2D eigenvalue weighted by Crippen LogP contribution is 2.23. The lowest BCUT2D eigenvalue weighted by atomic mass is 10.2. The highest BCUT2D eigenvalue weighted by Gasteiger charge is 2.11. The normalized spacial score (nSPS) is 9.53. The lowest BCUT2D eigenvalue weighted by molar-refractivity contribution is -0.0979. The van der Waals surface area contributed by atoms with Crippen LogP contribution in [0.3, 0.4) is 0 Å². The van der Waals surface area contributed by atoms with Crippen LogP contribution in [0, 0.1) is 6.92 Å². The summed E-state index contributed by atoms with van der Waals surface area (Å²) in [6, 6.07) is 3.70. The van der Waals surface area contributed by atoms with E-state index in [4.69, 9.17) is 14.9 Å². The molecule has 0 fully saturated rings. The largest absolute Gasteiger partial charge is 0.421 e. The summed E-state index contributed by atoms with van der Waals surface area (Å²) in [5, 5.41) is 7.79. The van der Waals surface area contributed by atoms with Crippen molar-refractivity contribution in [3.05, 3.63) is 23.7 Å². The van der Waals surface area contributed by atoms with Gasteiger partial charge in [-0.3, -0.25) is 0 Å². The van der Waals surface area contributed by atoms with E-state index < -0.39 is 0 Å². The molecule has 0 saturated carbocycles. The molecule has 0 spiro atoms. The molecule has 0 bridgehead atoms. The molecule has 6 nitrogen and oxygen atoms in total. The van der Waals surface area contributed by atoms with Gasteiger partial charge in [0.15, 0.2) is 0 Å². The van der Waals surface area contributed by atoms with Crippen molar-refractivity contribution in [2.75, 3.05) is 5.73 Å². The molecule has 90 valence electrons. The van der Waals surface area contributed by atoms with Gasteiger partial charge in [0.2, 0.25) is 5.89 Å². The van der Waals surface area contributed by atoms with E-state index in [0.717, 1.165) is 5.69 Å². The fourth-order valence-electron chi connectivity index (χ4n) is 1.26. The van der Waals surface area contributed by atoms with Crippen molar-refractivity contribution in [3.63, 3.8) is 0 Å². The minimum Gasteiger partial charge on any atom is -0.421 e. The fourth-order valence-corrected chi connectivity index (χ4v) is 1.26. The summed E-state index contributed by atoms with van der Waals surface area (Å²) in [6.07, 6.45) is 0.714. The molecule has 0 unspecified atom stereocenters. The number of nitrogen functional groups attached to an aromatic ring is 1. The zero-order valence-corrected chi connectivity index (χ0v) is 9.80. The van der Waals surface area contributed by atoms with Gasteiger partial charge < -0.3 is 14.9 Å². The quantitative estimate of drug-likeness (QED) is 0.843. The smallest absolute Gasteiger partial charge is 0.251 e. The number of carbonyl (C=O) groups excluding carboxylic acids is 1. The monoisotopic (exact) mass is 234 g/mol. The zero-order valence-electron chi connectivity index (χ0n) is 9.80. The van der Waals surface area contributed by atoms with E-state index in [9.17, 15) is 0 Å². The van der Waals surface area contributed by atoms with Gasteiger partial charge in [0.05, 0.1) is 5.56 Å². The Labute approximate surface area is 98.9 Å². The van der Waals surface area contributed by atoms with Gasteiger partial charge in [0.25, 0.3) is 5.89 Å². The van der Waals surface area contributed by atoms with Crippen LogP contribution < -0.4 is 5.73 Å². The topological polar surface area (TPSA) is 94.9 Å². The second-order valence-corrected chi connectivity index (χ2v) is 3.24. The minimum absolute atomic E-state index is 0.418. The second-order valence-electron chi connectivity index (χ2n) is 3.24. The maximum atomic E-state index is 8.00. The maximum absolute atomic E-state index is 8.00. The first-order valence-electron chi connectivity index (χ1n) is 5.05. The number of aromatic nitrogens is 3. The molecule has 0 saturated heterocycles. The van der Waals surface area contributed by atoms with Crippen molar-refractivity contribution in [1.82, 2.24) is 15.2 Å². The number of anilines is 1. The van der Waals surface area contributed by atoms with Crippen molar-refractivity contribution in [1.29, 1.82) is 0 Å². The van der Waals surface area contributed by atoms with E-state index in [1.54, 1.807) is 0 Å². The lowest BCUT2D eigenvalue weighted by Crippen LogP contribution is -1.95. The van der Waals surface area contributed by atoms with Crippen LogP contribution in [0.5, 0.6) is 0 Å². The van der Waals surface area contributed by atoms with Crippen LogP contribution in [0.15, 0.2) is 16.5 Å². The summed E-state index contributed by atoms with van der Waals surface area (Å²) < 4.78 is 5.40. The number of hydrogen-bond donors (Lipinski definition) is 1. The Morgan fingerprint density at radius 1 is 1.35 bits per heavy atom. The molecule has 2 N–H and O–H groups in total. The predicted octanol–water partition coefficient (Wildman–Crippen LogP) is 1.40. The average molecular weight is 234 g/mol. The van der Waals surface area contributed by atoms with Gasteiger partial charge in [0.1, 0.15) is 12.6 Å². The molecule has 2 rings (SSSR count). The molecular formula is C11H14N4O2. The van der Waals surface area contributed by atoms with E-state index in [1.165, 1.54) is 0 Å². The van der Waals surface area contributed by atoms with Crippen LogP contribution in [0.25, 0.3) is 11.5 Å². The number of carbonyl (C=O) groups is 1. The van der Waals surface area contributed by atoms with E-state index in [0.29, 0.717) is 29.6 Å². The summed E-state index contributed by atoms with van der Waals surface area (Å²) in [5.74, 6) is 1.45. The zero-order chi connectivity index (χ0) is 12.8. The van der Waals surface area contributed by atoms with Gasteiger partial charge in [-0.2, -0.15) is 0 Å². The number of rotatable bonds is 2. The molecular weight excluding hydrogens is 220 g/mol. The van der Waals surface area contributed by atoms with Crippen LogP contribution in [0.2, 0.25) is 0 Å². The van der Waals surface area contributed by atoms with Gasteiger partial charge in [-0.25, -0.2) is 4.98 Å². The molecule has 0 radical (unpaired) electrons. The molecule has 6 heteroatoms. The van der Waals surface area contributed by atoms with Crippen LogP contribution >= 0.6 is 0 Å². The van der Waals surface area contributed by atoms with E-state index in [-0.39, 0.29) is 0 Å². The fraction of sp³-hybridized carbons (Fsp3) is 0.273. The van der Waals surface area contributed by atoms with Gasteiger partial charge in [0, 0.05) is 12.1 Å². The van der Waals surface area contributed by atoms with Crippen LogP contribution in [0.1, 0.15) is 18.5 Å². The van der Waals surface area contributed by atoms with Crippen molar-refractivity contribution in [3.8, 4) is 11.5 Å². The molecule has 0 amide bonds. The van der Waals surface area contributed by atoms with Crippen LogP contribution in [0.4, 0.5) is 5.82 Å². The Morgan fingerprint density at radius 2 is 2.06 bits per heavy atom. The Bertz CT molecular complexity index is 496. The van der Waals surface area contributed by atoms with Crippen LogP contribution in [-0.2, 0) is 11.2 Å². The van der Waals surface area contributed by atoms with E-state index in [2.05, 4.69) is 15.2 Å². The third-order valence-corrected chi connectivity index (χ3v) is 2.06. The summed E-state index contributed by atoms with van der Waals surface area (Å²) in [4.78, 5) is 12.1. The third kappa shape index (κ3) is 2.87.